The summed E-state index contributed by atoms with van der Waals surface area (Å²) in [6.07, 6.45) is -1.64. The number of methoxy groups -OCH3 is 3. The second kappa shape index (κ2) is 16.2. The quantitative estimate of drug-likeness (QED) is 0.113. The van der Waals surface area contributed by atoms with Crippen molar-refractivity contribution in [3.8, 4) is 17.2 Å². The molecule has 3 aromatic carbocycles. The van der Waals surface area contributed by atoms with Gasteiger partial charge >= 0.3 is 6.18 Å². The van der Waals surface area contributed by atoms with Crippen molar-refractivity contribution in [2.24, 2.45) is 0 Å². The maximum atomic E-state index is 14.6. The monoisotopic (exact) mass is 745 g/mol. The fourth-order valence-electron chi connectivity index (χ4n) is 7.45. The number of alkyl halides is 3. The number of aromatic nitrogens is 2. The second-order valence-electron chi connectivity index (χ2n) is 13.6. The van der Waals surface area contributed by atoms with Crippen LogP contribution in [0.5, 0.6) is 17.2 Å². The van der Waals surface area contributed by atoms with Crippen LogP contribution < -0.4 is 19.5 Å². The summed E-state index contributed by atoms with van der Waals surface area (Å²) in [6, 6.07) is 14.8. The Labute approximate surface area is 304 Å². The number of carbonyl (C=O) groups is 1. The summed E-state index contributed by atoms with van der Waals surface area (Å²) in [6.45, 7) is 1.72. The van der Waals surface area contributed by atoms with Gasteiger partial charge in [0.15, 0.2) is 23.1 Å². The first kappa shape index (κ1) is 38.1. The minimum Gasteiger partial charge on any atom is -0.493 e. The fraction of sp³-hybridized carbons (Fsp3) is 0.474. The van der Waals surface area contributed by atoms with Crippen LogP contribution in [0.1, 0.15) is 41.6 Å². The topological polar surface area (TPSA) is 90.3 Å². The van der Waals surface area contributed by atoms with Crippen molar-refractivity contribution >= 4 is 22.9 Å². The Morgan fingerprint density at radius 2 is 1.64 bits per heavy atom. The number of benzene rings is 3. The van der Waals surface area contributed by atoms with Crippen molar-refractivity contribution < 1.29 is 45.7 Å². The van der Waals surface area contributed by atoms with Crippen LogP contribution in [0.15, 0.2) is 54.6 Å². The van der Waals surface area contributed by atoms with E-state index in [1.54, 1.807) is 23.1 Å². The van der Waals surface area contributed by atoms with E-state index in [0.717, 1.165) is 43.0 Å². The number of fused-ring (bicyclic) bond motifs is 1. The Morgan fingerprint density at radius 3 is 2.30 bits per heavy atom. The smallest absolute Gasteiger partial charge is 0.411 e. The van der Waals surface area contributed by atoms with E-state index in [-0.39, 0.29) is 25.1 Å². The Bertz CT molecular complexity index is 1870. The first-order valence-corrected chi connectivity index (χ1v) is 17.6. The van der Waals surface area contributed by atoms with Gasteiger partial charge in [-0.3, -0.25) is 4.79 Å². The molecule has 1 amide bonds. The SMILES string of the molecule is COc1cc(C(=O)N2CCC(CCN3CCC(Nc4nc5ccccc5n4CCOCC(F)(F)F)CC3)(c3ccc(F)c(F)c3)C2)cc(OC)c1OC. The van der Waals surface area contributed by atoms with Crippen LogP contribution in [0, 0.1) is 11.6 Å². The highest BCUT2D eigenvalue weighted by Gasteiger charge is 2.42. The van der Waals surface area contributed by atoms with Crippen LogP contribution >= 0.6 is 0 Å². The summed E-state index contributed by atoms with van der Waals surface area (Å²) in [7, 11) is 4.44. The van der Waals surface area contributed by atoms with Gasteiger partial charge in [-0.05, 0) is 74.2 Å². The first-order valence-electron chi connectivity index (χ1n) is 17.6. The summed E-state index contributed by atoms with van der Waals surface area (Å²) in [5.41, 5.74) is 1.93. The molecule has 286 valence electrons. The highest BCUT2D eigenvalue weighted by atomic mass is 19.4. The number of anilines is 1. The third-order valence-corrected chi connectivity index (χ3v) is 10.3. The molecule has 53 heavy (non-hydrogen) atoms. The molecule has 0 aliphatic carbocycles. The van der Waals surface area contributed by atoms with Crippen molar-refractivity contribution in [3.63, 3.8) is 0 Å². The number of amides is 1. The van der Waals surface area contributed by atoms with Crippen LogP contribution in [-0.4, -0.2) is 105 Å². The van der Waals surface area contributed by atoms with Crippen molar-refractivity contribution in [3.05, 3.63) is 77.4 Å². The van der Waals surface area contributed by atoms with E-state index in [0.29, 0.717) is 66.8 Å². The summed E-state index contributed by atoms with van der Waals surface area (Å²) < 4.78 is 89.7. The highest BCUT2D eigenvalue weighted by Crippen LogP contribution is 2.42. The number of nitrogens with zero attached hydrogens (tertiary/aromatic N) is 4. The first-order chi connectivity index (χ1) is 25.4. The number of hydrogen-bond acceptors (Lipinski definition) is 8. The number of halogens is 5. The number of likely N-dealkylation sites (tertiary alicyclic amines) is 2. The van der Waals surface area contributed by atoms with Gasteiger partial charge in [0.25, 0.3) is 5.91 Å². The Morgan fingerprint density at radius 1 is 0.925 bits per heavy atom. The summed E-state index contributed by atoms with van der Waals surface area (Å²) in [5, 5.41) is 3.52. The van der Waals surface area contributed by atoms with Crippen LogP contribution in [0.25, 0.3) is 11.0 Å². The van der Waals surface area contributed by atoms with E-state index >= 15 is 0 Å². The minimum atomic E-state index is -4.39. The highest BCUT2D eigenvalue weighted by molar-refractivity contribution is 5.96. The predicted molar refractivity (Wildman–Crippen MR) is 189 cm³/mol. The normalized spacial score (nSPS) is 18.5. The van der Waals surface area contributed by atoms with Crippen molar-refractivity contribution in [1.82, 2.24) is 19.4 Å². The largest absolute Gasteiger partial charge is 0.493 e. The molecule has 2 fully saturated rings. The molecule has 6 rings (SSSR count). The molecule has 4 aromatic rings. The molecule has 0 bridgehead atoms. The molecule has 10 nitrogen and oxygen atoms in total. The minimum absolute atomic E-state index is 0.0798. The number of piperidine rings is 1. The van der Waals surface area contributed by atoms with E-state index in [1.165, 1.54) is 27.4 Å². The molecule has 2 saturated heterocycles. The van der Waals surface area contributed by atoms with E-state index < -0.39 is 29.8 Å². The summed E-state index contributed by atoms with van der Waals surface area (Å²) in [4.78, 5) is 22.7. The maximum Gasteiger partial charge on any atom is 0.411 e. The molecule has 2 aliphatic rings. The van der Waals surface area contributed by atoms with Gasteiger partial charge in [-0.2, -0.15) is 13.2 Å². The molecule has 1 aromatic heterocycles. The van der Waals surface area contributed by atoms with E-state index in [2.05, 4.69) is 10.2 Å². The van der Waals surface area contributed by atoms with Crippen molar-refractivity contribution in [1.29, 1.82) is 0 Å². The molecule has 15 heteroatoms. The lowest BCUT2D eigenvalue weighted by Gasteiger charge is -2.36. The third-order valence-electron chi connectivity index (χ3n) is 10.3. The van der Waals surface area contributed by atoms with Crippen LogP contribution in [-0.2, 0) is 16.7 Å². The summed E-state index contributed by atoms with van der Waals surface area (Å²) in [5.74, 6) is -0.432. The number of imidazole rings is 1. The molecule has 1 unspecified atom stereocenters. The number of ether oxygens (including phenoxy) is 4. The molecular formula is C38H44F5N5O5. The van der Waals surface area contributed by atoms with Gasteiger partial charge < -0.3 is 38.6 Å². The molecule has 0 radical (unpaired) electrons. The van der Waals surface area contributed by atoms with Gasteiger partial charge in [-0.15, -0.1) is 0 Å². The van der Waals surface area contributed by atoms with E-state index in [4.69, 9.17) is 23.9 Å². The molecule has 3 heterocycles. The number of rotatable bonds is 14. The molecule has 1 atom stereocenters. The zero-order valence-corrected chi connectivity index (χ0v) is 30.0. The lowest BCUT2D eigenvalue weighted by atomic mass is 9.76. The Hall–Kier alpha value is -4.63. The molecule has 2 aliphatic heterocycles. The average molecular weight is 746 g/mol. The standard InChI is InChI=1S/C38H44F5N5O5/c1-50-32-20-25(21-33(51-2)34(32)52-3)35(49)47-17-13-37(23-47,26-8-9-28(39)29(40)22-26)12-16-46-14-10-27(11-15-46)44-36-45-30-6-4-5-7-31(30)48(36)18-19-53-24-38(41,42)43/h4-9,20-22,27H,10-19,23-24H2,1-3H3,(H,44,45). The van der Waals surface area contributed by atoms with E-state index in [9.17, 15) is 26.7 Å². The summed E-state index contributed by atoms with van der Waals surface area (Å²) >= 11 is 0. The molecule has 0 saturated carbocycles. The van der Waals surface area contributed by atoms with E-state index in [1.807, 2.05) is 28.8 Å². The molecule has 0 spiro atoms. The zero-order valence-electron chi connectivity index (χ0n) is 30.0. The fourth-order valence-corrected chi connectivity index (χ4v) is 7.45. The molecular weight excluding hydrogens is 701 g/mol. The Kier molecular flexibility index (Phi) is 11.6. The number of nitrogens with one attached hydrogen (secondary N) is 1. The van der Waals surface area contributed by atoms with Gasteiger partial charge in [0.05, 0.1) is 39.0 Å². The van der Waals surface area contributed by atoms with Crippen LogP contribution in [0.4, 0.5) is 27.9 Å². The molecule has 1 N–H and O–H groups in total. The van der Waals surface area contributed by atoms with Gasteiger partial charge in [0.1, 0.15) is 6.61 Å². The lowest BCUT2D eigenvalue weighted by Crippen LogP contribution is -2.42. The zero-order chi connectivity index (χ0) is 37.8. The van der Waals surface area contributed by atoms with Gasteiger partial charge in [0.2, 0.25) is 11.7 Å². The average Bonchev–Trinajstić information content (AvgIpc) is 3.75. The van der Waals surface area contributed by atoms with Crippen molar-refractivity contribution in [2.45, 2.75) is 49.9 Å². The number of hydrogen-bond donors (Lipinski definition) is 1. The lowest BCUT2D eigenvalue weighted by molar-refractivity contribution is -0.174. The van der Waals surface area contributed by atoms with Crippen LogP contribution in [0.2, 0.25) is 0 Å². The number of carbonyl (C=O) groups excluding carboxylic acids is 1. The van der Waals surface area contributed by atoms with Gasteiger partial charge in [0, 0.05) is 49.7 Å². The van der Waals surface area contributed by atoms with Crippen LogP contribution in [0.3, 0.4) is 0 Å². The number of para-hydroxylation sites is 2. The predicted octanol–water partition coefficient (Wildman–Crippen LogP) is 6.67. The second-order valence-corrected chi connectivity index (χ2v) is 13.6. The van der Waals surface area contributed by atoms with Gasteiger partial charge in [-0.1, -0.05) is 18.2 Å². The maximum absolute atomic E-state index is 14.6. The third kappa shape index (κ3) is 8.62. The van der Waals surface area contributed by atoms with Crippen molar-refractivity contribution in [2.75, 3.05) is 72.6 Å². The Balaban J connectivity index is 1.12. The van der Waals surface area contributed by atoms with Gasteiger partial charge in [-0.25, -0.2) is 13.8 Å².